The van der Waals surface area contributed by atoms with Crippen LogP contribution < -0.4 is 15.4 Å². The molecular formula is C23H30N5O5+. The smallest absolute Gasteiger partial charge is 0.378 e. The van der Waals surface area contributed by atoms with Crippen LogP contribution in [0.4, 0.5) is 0 Å². The first-order valence-electron chi connectivity index (χ1n) is 11.6. The van der Waals surface area contributed by atoms with Gasteiger partial charge in [-0.2, -0.15) is 4.57 Å². The summed E-state index contributed by atoms with van der Waals surface area (Å²) in [6, 6.07) is 0.165. The molecule has 2 aliphatic heterocycles. The second kappa shape index (κ2) is 8.02. The zero-order valence-electron chi connectivity index (χ0n) is 19.1. The van der Waals surface area contributed by atoms with Gasteiger partial charge in [-0.15, -0.1) is 0 Å². The molecule has 1 saturated carbocycles. The highest BCUT2D eigenvalue weighted by Crippen LogP contribution is 2.28. The van der Waals surface area contributed by atoms with Crippen molar-refractivity contribution in [2.24, 2.45) is 5.92 Å². The average molecular weight is 457 g/mol. The maximum atomic E-state index is 13.2. The quantitative estimate of drug-likeness (QED) is 0.432. The molecule has 2 atom stereocenters. The molecule has 0 aromatic carbocycles. The van der Waals surface area contributed by atoms with Crippen molar-refractivity contribution in [2.45, 2.75) is 64.8 Å². The number of hydrogen-bond donors (Lipinski definition) is 3. The highest BCUT2D eigenvalue weighted by atomic mass is 16.5. The summed E-state index contributed by atoms with van der Waals surface area (Å²) in [5.74, 6) is -0.902. The fourth-order valence-corrected chi connectivity index (χ4v) is 4.77. The summed E-state index contributed by atoms with van der Waals surface area (Å²) in [6.45, 7) is 7.32. The van der Waals surface area contributed by atoms with Crippen molar-refractivity contribution in [3.63, 3.8) is 0 Å². The molecule has 176 valence electrons. The molecule has 2 bridgehead atoms. The highest BCUT2D eigenvalue weighted by molar-refractivity contribution is 5.96. The molecule has 10 heteroatoms. The Bertz CT molecular complexity index is 1220. The van der Waals surface area contributed by atoms with Gasteiger partial charge in [0.15, 0.2) is 0 Å². The van der Waals surface area contributed by atoms with Crippen molar-refractivity contribution in [1.82, 2.24) is 19.8 Å². The van der Waals surface area contributed by atoms with Gasteiger partial charge in [-0.3, -0.25) is 9.59 Å². The van der Waals surface area contributed by atoms with Crippen molar-refractivity contribution >= 4 is 23.5 Å². The van der Waals surface area contributed by atoms with Crippen LogP contribution in [-0.2, 0) is 16.1 Å². The summed E-state index contributed by atoms with van der Waals surface area (Å²) in [7, 11) is 0. The van der Waals surface area contributed by atoms with Crippen molar-refractivity contribution < 1.29 is 24.0 Å². The number of nitrogens with one attached hydrogen (secondary N) is 2. The summed E-state index contributed by atoms with van der Waals surface area (Å²) in [5.41, 5.74) is 0.789. The third kappa shape index (κ3) is 3.82. The molecule has 2 amide bonds. The zero-order chi connectivity index (χ0) is 23.4. The lowest BCUT2D eigenvalue weighted by Gasteiger charge is -2.25. The number of aromatic nitrogens is 3. The summed E-state index contributed by atoms with van der Waals surface area (Å²) in [6.07, 6.45) is 5.91. The molecule has 2 saturated heterocycles. The first kappa shape index (κ1) is 21.7. The van der Waals surface area contributed by atoms with Crippen LogP contribution in [-0.4, -0.2) is 62.8 Å². The Morgan fingerprint density at radius 1 is 1.36 bits per heavy atom. The predicted octanol–water partition coefficient (Wildman–Crippen LogP) is 0.490. The molecule has 2 aromatic heterocycles. The maximum Gasteiger partial charge on any atom is 0.378 e. The molecule has 2 aromatic rings. The standard InChI is InChI=1S/C23H29N5O5/c1-12(2)9-27-21-17(6-7-18(29)26-10-16-8-15(26)11-33-16)13(3)25-28(21)23(32)19(22(27)31)20(30)24-14-4-5-14/h6-7,12,14-16H,4-5,8-11H2,1-3H3,(H2,24,30,31,32)/p+1/b7-6+/t15-,16-/m0/s1. The Morgan fingerprint density at radius 3 is 2.73 bits per heavy atom. The number of hydrogen-bond acceptors (Lipinski definition) is 5. The summed E-state index contributed by atoms with van der Waals surface area (Å²) in [5, 5.41) is 16.8. The second-order valence-corrected chi connectivity index (χ2v) is 9.73. The number of aryl methyl sites for hydroxylation is 1. The van der Waals surface area contributed by atoms with Gasteiger partial charge < -0.3 is 20.1 Å². The van der Waals surface area contributed by atoms with Crippen LogP contribution >= 0.6 is 0 Å². The van der Waals surface area contributed by atoms with Crippen LogP contribution in [0.25, 0.3) is 11.7 Å². The predicted molar refractivity (Wildman–Crippen MR) is 119 cm³/mol. The van der Waals surface area contributed by atoms with E-state index in [1.54, 1.807) is 17.6 Å². The Morgan fingerprint density at radius 2 is 2.12 bits per heavy atom. The van der Waals surface area contributed by atoms with E-state index >= 15 is 0 Å². The monoisotopic (exact) mass is 456 g/mol. The van der Waals surface area contributed by atoms with Crippen molar-refractivity contribution in [2.75, 3.05) is 13.2 Å². The molecule has 3 fully saturated rings. The van der Waals surface area contributed by atoms with E-state index in [4.69, 9.17) is 4.74 Å². The molecule has 33 heavy (non-hydrogen) atoms. The molecular weight excluding hydrogens is 426 g/mol. The van der Waals surface area contributed by atoms with Gasteiger partial charge in [-0.05, 0) is 38.2 Å². The number of amides is 2. The SMILES string of the molecule is Cc1[nH]n2c(=O)c(C(=O)NC3CC3)c(O)[n+](CC(C)C)c2c1/C=C/C(=O)N1C[C@@H]2C[C@H]1CO2. The molecule has 0 spiro atoms. The fraction of sp³-hybridized carbons (Fsp3) is 0.565. The van der Waals surface area contributed by atoms with E-state index in [-0.39, 0.29) is 41.5 Å². The molecule has 5 rings (SSSR count). The average Bonchev–Trinajstić information content (AvgIpc) is 3.17. The van der Waals surface area contributed by atoms with E-state index < -0.39 is 11.5 Å². The van der Waals surface area contributed by atoms with E-state index in [1.807, 2.05) is 18.7 Å². The topological polar surface area (TPSA) is 120 Å². The lowest BCUT2D eigenvalue weighted by atomic mass is 10.1. The first-order chi connectivity index (χ1) is 15.7. The zero-order valence-corrected chi connectivity index (χ0v) is 19.1. The molecule has 0 radical (unpaired) electrons. The van der Waals surface area contributed by atoms with E-state index in [0.29, 0.717) is 36.6 Å². The Balaban J connectivity index is 1.57. The number of ether oxygens (including phenoxy) is 1. The molecule has 4 heterocycles. The number of likely N-dealkylation sites (tertiary alicyclic amines) is 1. The number of aromatic amines is 1. The number of H-pyrrole nitrogens is 1. The molecule has 3 aliphatic rings. The lowest BCUT2D eigenvalue weighted by Crippen LogP contribution is -2.46. The van der Waals surface area contributed by atoms with Crippen molar-refractivity contribution in [3.8, 4) is 5.88 Å². The number of rotatable bonds is 6. The van der Waals surface area contributed by atoms with Gasteiger partial charge in [-0.25, -0.2) is 9.89 Å². The van der Waals surface area contributed by atoms with E-state index in [2.05, 4.69) is 10.4 Å². The van der Waals surface area contributed by atoms with Crippen LogP contribution in [0.5, 0.6) is 5.88 Å². The summed E-state index contributed by atoms with van der Waals surface area (Å²) < 4.78 is 8.44. The van der Waals surface area contributed by atoms with Gasteiger partial charge in [0, 0.05) is 18.7 Å². The number of fused-ring (bicyclic) bond motifs is 3. The van der Waals surface area contributed by atoms with Gasteiger partial charge in [-0.1, -0.05) is 18.4 Å². The molecule has 10 nitrogen and oxygen atoms in total. The molecule has 1 aliphatic carbocycles. The minimum absolute atomic E-state index is 0.0525. The van der Waals surface area contributed by atoms with Crippen molar-refractivity contribution in [1.29, 1.82) is 0 Å². The van der Waals surface area contributed by atoms with E-state index in [0.717, 1.165) is 19.3 Å². The second-order valence-electron chi connectivity index (χ2n) is 9.73. The Labute approximate surface area is 190 Å². The minimum Gasteiger partial charge on any atom is -0.477 e. The van der Waals surface area contributed by atoms with Crippen LogP contribution in [0, 0.1) is 12.8 Å². The summed E-state index contributed by atoms with van der Waals surface area (Å²) >= 11 is 0. The third-order valence-electron chi connectivity index (χ3n) is 6.55. The number of carbonyl (C=O) groups is 2. The van der Waals surface area contributed by atoms with Gasteiger partial charge in [0.25, 0.3) is 5.91 Å². The Hall–Kier alpha value is -3.14. The largest absolute Gasteiger partial charge is 0.477 e. The maximum absolute atomic E-state index is 13.2. The van der Waals surface area contributed by atoms with Gasteiger partial charge in [0.05, 0.1) is 36.6 Å². The van der Waals surface area contributed by atoms with Gasteiger partial charge in [0.1, 0.15) is 0 Å². The third-order valence-corrected chi connectivity index (χ3v) is 6.55. The number of morpholine rings is 1. The number of nitrogens with zero attached hydrogens (tertiary/aromatic N) is 3. The van der Waals surface area contributed by atoms with Gasteiger partial charge in [0.2, 0.25) is 11.5 Å². The number of carbonyl (C=O) groups excluding carboxylic acids is 2. The summed E-state index contributed by atoms with van der Waals surface area (Å²) in [4.78, 5) is 40.6. The molecule has 0 unspecified atom stereocenters. The lowest BCUT2D eigenvalue weighted by molar-refractivity contribution is -0.686. The minimum atomic E-state index is -0.622. The fourth-order valence-electron chi connectivity index (χ4n) is 4.77. The van der Waals surface area contributed by atoms with Crippen molar-refractivity contribution in [3.05, 3.63) is 33.3 Å². The van der Waals surface area contributed by atoms with Crippen LogP contribution in [0.2, 0.25) is 0 Å². The van der Waals surface area contributed by atoms with E-state index in [1.165, 1.54) is 10.6 Å². The van der Waals surface area contributed by atoms with Gasteiger partial charge >= 0.3 is 17.1 Å². The van der Waals surface area contributed by atoms with E-state index in [9.17, 15) is 19.5 Å². The first-order valence-corrected chi connectivity index (χ1v) is 11.6. The number of aromatic hydroxyl groups is 1. The normalized spacial score (nSPS) is 22.2. The highest BCUT2D eigenvalue weighted by Gasteiger charge is 2.41. The van der Waals surface area contributed by atoms with Crippen LogP contribution in [0.15, 0.2) is 10.9 Å². The van der Waals surface area contributed by atoms with Crippen LogP contribution in [0.3, 0.4) is 0 Å². The Kier molecular flexibility index (Phi) is 5.27. The molecule has 3 N–H and O–H groups in total. The van der Waals surface area contributed by atoms with Crippen LogP contribution in [0.1, 0.15) is 54.7 Å².